The Morgan fingerprint density at radius 2 is 2.00 bits per heavy atom. The van der Waals surface area contributed by atoms with Crippen LogP contribution in [0.15, 0.2) is 12.3 Å². The van der Waals surface area contributed by atoms with Gasteiger partial charge in [-0.2, -0.15) is 13.2 Å². The minimum absolute atomic E-state index is 0.0947. The summed E-state index contributed by atoms with van der Waals surface area (Å²) in [6.07, 6.45) is -4.32. The van der Waals surface area contributed by atoms with E-state index in [1.165, 1.54) is 11.8 Å². The van der Waals surface area contributed by atoms with Crippen molar-refractivity contribution >= 4 is 22.7 Å². The molecule has 1 saturated heterocycles. The Kier molecular flexibility index (Phi) is 4.34. The number of hydrogen-bond donors (Lipinski definition) is 2. The molecule has 2 aliphatic rings. The molecular weight excluding hydrogens is 418 g/mol. The Morgan fingerprint density at radius 1 is 1.33 bits per heavy atom. The number of hydrogen-bond acceptors (Lipinski definition) is 3. The van der Waals surface area contributed by atoms with Crippen LogP contribution in [-0.2, 0) is 11.0 Å². The van der Waals surface area contributed by atoms with Crippen LogP contribution in [-0.4, -0.2) is 51.7 Å². The van der Waals surface area contributed by atoms with Gasteiger partial charge in [-0.25, -0.2) is 18.2 Å². The molecule has 2 N–H and O–H groups in total. The summed E-state index contributed by atoms with van der Waals surface area (Å²) in [4.78, 5) is 31.6. The summed E-state index contributed by atoms with van der Waals surface area (Å²) in [6, 6.07) is -0.177. The number of rotatable bonds is 3. The zero-order chi connectivity index (χ0) is 22.1. The van der Waals surface area contributed by atoms with Crippen molar-refractivity contribution in [3.05, 3.63) is 29.5 Å². The predicted octanol–water partition coefficient (Wildman–Crippen LogP) is 3.10. The first kappa shape index (κ1) is 20.5. The fourth-order valence-corrected chi connectivity index (χ4v) is 3.88. The number of fused-ring (bicyclic) bond motifs is 1. The molecule has 0 radical (unpaired) electrons. The number of halogens is 6. The van der Waals surface area contributed by atoms with E-state index in [0.29, 0.717) is 0 Å². The van der Waals surface area contributed by atoms with Crippen LogP contribution in [0.25, 0.3) is 10.9 Å². The molecule has 2 aromatic rings. The van der Waals surface area contributed by atoms with Gasteiger partial charge in [0.25, 0.3) is 11.8 Å². The number of H-pyrrole nitrogens is 1. The molecule has 1 aliphatic heterocycles. The number of nitrogens with one attached hydrogen (secondary N) is 2. The molecular formula is C18H16F6N4O2. The smallest absolute Gasteiger partial charge is 0.349 e. The lowest BCUT2D eigenvalue weighted by atomic mass is 10.1. The summed E-state index contributed by atoms with van der Waals surface area (Å²) in [5.74, 6) is -5.81. The fraction of sp³-hybridized carbons (Fsp3) is 0.500. The summed E-state index contributed by atoms with van der Waals surface area (Å²) in [6.45, 7) is 1.42. The van der Waals surface area contributed by atoms with Gasteiger partial charge in [0.2, 0.25) is 5.91 Å². The molecule has 1 saturated carbocycles. The number of likely N-dealkylation sites (tertiary alicyclic amines) is 1. The van der Waals surface area contributed by atoms with Gasteiger partial charge in [-0.05, 0) is 19.4 Å². The summed E-state index contributed by atoms with van der Waals surface area (Å²) in [7, 11) is 0. The van der Waals surface area contributed by atoms with Crippen molar-refractivity contribution < 1.29 is 35.9 Å². The van der Waals surface area contributed by atoms with E-state index < -0.39 is 52.3 Å². The van der Waals surface area contributed by atoms with Crippen LogP contribution in [0, 0.1) is 11.2 Å². The zero-order valence-corrected chi connectivity index (χ0v) is 15.5. The molecule has 3 heterocycles. The molecule has 1 spiro atoms. The zero-order valence-electron chi connectivity index (χ0n) is 15.5. The van der Waals surface area contributed by atoms with Crippen LogP contribution >= 0.6 is 0 Å². The van der Waals surface area contributed by atoms with Gasteiger partial charge >= 0.3 is 6.18 Å². The molecule has 1 unspecified atom stereocenters. The predicted molar refractivity (Wildman–Crippen MR) is 91.2 cm³/mol. The van der Waals surface area contributed by atoms with Crippen LogP contribution in [0.2, 0.25) is 0 Å². The summed E-state index contributed by atoms with van der Waals surface area (Å²) in [5.41, 5.74) is -3.27. The minimum atomic E-state index is -5.00. The highest BCUT2D eigenvalue weighted by atomic mass is 19.4. The van der Waals surface area contributed by atoms with Crippen molar-refractivity contribution in [3.8, 4) is 0 Å². The van der Waals surface area contributed by atoms with Gasteiger partial charge in [-0.15, -0.1) is 0 Å². The highest BCUT2D eigenvalue weighted by Crippen LogP contribution is 2.65. The van der Waals surface area contributed by atoms with Crippen LogP contribution in [0.1, 0.15) is 35.9 Å². The Balaban J connectivity index is 1.46. The third-order valence-electron chi connectivity index (χ3n) is 5.72. The number of aromatic nitrogens is 2. The SMILES string of the molecule is C[C@@H](NC(=O)c1cc2c(F)c(C(F)(F)F)ncc2[nH]1)C(=O)N1CCC2(C1)CC2(F)F. The molecule has 162 valence electrons. The number of nitrogens with zero attached hydrogens (tertiary/aromatic N) is 2. The van der Waals surface area contributed by atoms with Gasteiger partial charge in [0.1, 0.15) is 11.7 Å². The topological polar surface area (TPSA) is 78.1 Å². The van der Waals surface area contributed by atoms with E-state index in [1.54, 1.807) is 0 Å². The molecule has 4 rings (SSSR count). The molecule has 12 heteroatoms. The van der Waals surface area contributed by atoms with Crippen molar-refractivity contribution in [1.82, 2.24) is 20.2 Å². The first-order valence-electron chi connectivity index (χ1n) is 9.06. The molecule has 0 aromatic carbocycles. The van der Waals surface area contributed by atoms with Gasteiger partial charge < -0.3 is 15.2 Å². The van der Waals surface area contributed by atoms with E-state index >= 15 is 0 Å². The van der Waals surface area contributed by atoms with E-state index in [1.807, 2.05) is 0 Å². The number of pyridine rings is 1. The monoisotopic (exact) mass is 434 g/mol. The third kappa shape index (κ3) is 3.18. The quantitative estimate of drug-likeness (QED) is 0.729. The summed E-state index contributed by atoms with van der Waals surface area (Å²) < 4.78 is 79.4. The lowest BCUT2D eigenvalue weighted by Gasteiger charge is -2.21. The highest BCUT2D eigenvalue weighted by molar-refractivity contribution is 6.00. The van der Waals surface area contributed by atoms with Gasteiger partial charge in [0.05, 0.1) is 17.1 Å². The van der Waals surface area contributed by atoms with Crippen molar-refractivity contribution in [3.63, 3.8) is 0 Å². The first-order valence-corrected chi connectivity index (χ1v) is 9.06. The first-order chi connectivity index (χ1) is 13.8. The van der Waals surface area contributed by atoms with Gasteiger partial charge in [0.15, 0.2) is 11.5 Å². The summed E-state index contributed by atoms with van der Waals surface area (Å²) in [5, 5.41) is 1.88. The summed E-state index contributed by atoms with van der Waals surface area (Å²) >= 11 is 0. The van der Waals surface area contributed by atoms with Crippen molar-refractivity contribution in [2.24, 2.45) is 5.41 Å². The van der Waals surface area contributed by atoms with Gasteiger partial charge in [0, 0.05) is 24.9 Å². The van der Waals surface area contributed by atoms with E-state index in [2.05, 4.69) is 15.3 Å². The Hall–Kier alpha value is -2.79. The molecule has 0 bridgehead atoms. The Bertz CT molecular complexity index is 1050. The Labute approximate surface area is 165 Å². The Morgan fingerprint density at radius 3 is 2.57 bits per heavy atom. The van der Waals surface area contributed by atoms with Crippen molar-refractivity contribution in [1.29, 1.82) is 0 Å². The number of alkyl halides is 5. The van der Waals surface area contributed by atoms with Crippen molar-refractivity contribution in [2.75, 3.05) is 13.1 Å². The fourth-order valence-electron chi connectivity index (χ4n) is 3.88. The van der Waals surface area contributed by atoms with E-state index in [-0.39, 0.29) is 37.1 Å². The van der Waals surface area contributed by atoms with Crippen LogP contribution in [0.3, 0.4) is 0 Å². The largest absolute Gasteiger partial charge is 0.436 e. The standard InChI is InChI=1S/C18H16F6N4O2/c1-8(15(30)28-3-2-16(7-28)6-17(16,20)21)26-14(29)10-4-9-11(27-10)5-25-13(12(9)19)18(22,23)24/h4-5,8,27H,2-3,6-7H2,1H3,(H,26,29)/t8-,16?/m1/s1. The number of amides is 2. The number of aromatic amines is 1. The normalized spacial score (nSPS) is 23.8. The maximum Gasteiger partial charge on any atom is 0.436 e. The van der Waals surface area contributed by atoms with Crippen molar-refractivity contribution in [2.45, 2.75) is 37.9 Å². The maximum absolute atomic E-state index is 14.1. The second-order valence-corrected chi connectivity index (χ2v) is 7.80. The van der Waals surface area contributed by atoms with E-state index in [4.69, 9.17) is 0 Å². The second kappa shape index (κ2) is 6.35. The highest BCUT2D eigenvalue weighted by Gasteiger charge is 2.73. The average Bonchev–Trinajstić information content (AvgIpc) is 3.03. The minimum Gasteiger partial charge on any atom is -0.349 e. The molecule has 1 aliphatic carbocycles. The number of carbonyl (C=O) groups is 2. The number of carbonyl (C=O) groups excluding carboxylic acids is 2. The third-order valence-corrected chi connectivity index (χ3v) is 5.72. The lowest BCUT2D eigenvalue weighted by molar-refractivity contribution is -0.143. The molecule has 2 atom stereocenters. The molecule has 2 aromatic heterocycles. The van der Waals surface area contributed by atoms with E-state index in [0.717, 1.165) is 12.3 Å². The van der Waals surface area contributed by atoms with Gasteiger partial charge in [-0.3, -0.25) is 9.59 Å². The van der Waals surface area contributed by atoms with Crippen LogP contribution in [0.5, 0.6) is 0 Å². The second-order valence-electron chi connectivity index (χ2n) is 7.80. The lowest BCUT2D eigenvalue weighted by Crippen LogP contribution is -2.46. The average molecular weight is 434 g/mol. The van der Waals surface area contributed by atoms with Crippen LogP contribution in [0.4, 0.5) is 26.3 Å². The molecule has 30 heavy (non-hydrogen) atoms. The van der Waals surface area contributed by atoms with E-state index in [9.17, 15) is 35.9 Å². The molecule has 6 nitrogen and oxygen atoms in total. The molecule has 2 fully saturated rings. The molecule has 2 amide bonds. The maximum atomic E-state index is 14.1. The van der Waals surface area contributed by atoms with Crippen LogP contribution < -0.4 is 5.32 Å². The van der Waals surface area contributed by atoms with Gasteiger partial charge in [-0.1, -0.05) is 0 Å².